The molecule has 0 aliphatic carbocycles. The van der Waals surface area contributed by atoms with Crippen LogP contribution in [0.4, 0.5) is 14.5 Å². The maximum absolute atomic E-state index is 13.7. The predicted octanol–water partition coefficient (Wildman–Crippen LogP) is 3.99. The van der Waals surface area contributed by atoms with Crippen LogP contribution >= 0.6 is 15.9 Å². The molecule has 0 saturated carbocycles. The van der Waals surface area contributed by atoms with E-state index in [0.29, 0.717) is 11.0 Å². The van der Waals surface area contributed by atoms with Gasteiger partial charge in [-0.2, -0.15) is 5.10 Å². The van der Waals surface area contributed by atoms with Crippen molar-refractivity contribution in [2.75, 3.05) is 5.32 Å². The van der Waals surface area contributed by atoms with Gasteiger partial charge in [0.2, 0.25) is 0 Å². The summed E-state index contributed by atoms with van der Waals surface area (Å²) in [6, 6.07) is 7.80. The molecule has 0 amide bonds. The van der Waals surface area contributed by atoms with Gasteiger partial charge in [-0.15, -0.1) is 0 Å². The van der Waals surface area contributed by atoms with Crippen molar-refractivity contribution in [3.05, 3.63) is 64.4 Å². The zero-order chi connectivity index (χ0) is 14.1. The van der Waals surface area contributed by atoms with Gasteiger partial charge in [-0.3, -0.25) is 0 Å². The molecule has 3 rings (SSSR count). The lowest BCUT2D eigenvalue weighted by molar-refractivity contribution is 0.583. The van der Waals surface area contributed by atoms with Crippen LogP contribution < -0.4 is 5.32 Å². The molecule has 0 spiro atoms. The van der Waals surface area contributed by atoms with Crippen molar-refractivity contribution in [2.45, 2.75) is 6.54 Å². The van der Waals surface area contributed by atoms with Crippen LogP contribution in [0.25, 0.3) is 5.52 Å². The summed E-state index contributed by atoms with van der Waals surface area (Å²) in [5.74, 6) is -1.25. The molecule has 2 aromatic heterocycles. The van der Waals surface area contributed by atoms with Crippen molar-refractivity contribution in [1.29, 1.82) is 0 Å². The second-order valence-electron chi connectivity index (χ2n) is 4.30. The monoisotopic (exact) mass is 337 g/mol. The Bertz CT molecular complexity index is 747. The van der Waals surface area contributed by atoms with E-state index in [2.05, 4.69) is 26.3 Å². The Kier molecular flexibility index (Phi) is 3.40. The molecule has 1 N–H and O–H groups in total. The van der Waals surface area contributed by atoms with Crippen LogP contribution in [0.5, 0.6) is 0 Å². The Hall–Kier alpha value is -1.95. The van der Waals surface area contributed by atoms with Crippen LogP contribution in [0.2, 0.25) is 0 Å². The molecule has 20 heavy (non-hydrogen) atoms. The third-order valence-electron chi connectivity index (χ3n) is 2.97. The lowest BCUT2D eigenvalue weighted by Gasteiger charge is -2.09. The van der Waals surface area contributed by atoms with Crippen molar-refractivity contribution >= 4 is 27.1 Å². The minimum atomic E-state index is -0.631. The van der Waals surface area contributed by atoms with Crippen molar-refractivity contribution in [1.82, 2.24) is 9.61 Å². The number of halogens is 3. The molecule has 0 saturated heterocycles. The van der Waals surface area contributed by atoms with E-state index in [9.17, 15) is 8.78 Å². The number of aromatic nitrogens is 2. The Morgan fingerprint density at radius 1 is 1.25 bits per heavy atom. The van der Waals surface area contributed by atoms with Crippen LogP contribution in [0.3, 0.4) is 0 Å². The number of nitrogens with one attached hydrogen (secondary N) is 1. The van der Waals surface area contributed by atoms with Gasteiger partial charge >= 0.3 is 0 Å². The van der Waals surface area contributed by atoms with E-state index in [-0.39, 0.29) is 5.69 Å². The van der Waals surface area contributed by atoms with E-state index in [0.717, 1.165) is 17.1 Å². The third-order valence-corrected chi connectivity index (χ3v) is 3.59. The number of hydrogen-bond donors (Lipinski definition) is 1. The van der Waals surface area contributed by atoms with Gasteiger partial charge in [0, 0.05) is 28.8 Å². The molecule has 3 aromatic rings. The Morgan fingerprint density at radius 3 is 2.90 bits per heavy atom. The molecule has 0 aliphatic heterocycles. The predicted molar refractivity (Wildman–Crippen MR) is 76.6 cm³/mol. The van der Waals surface area contributed by atoms with Gasteiger partial charge in [0.05, 0.1) is 17.4 Å². The molecular formula is C14H10BrF2N3. The summed E-state index contributed by atoms with van der Waals surface area (Å²) in [7, 11) is 0. The Balaban J connectivity index is 1.87. The molecule has 0 aliphatic rings. The van der Waals surface area contributed by atoms with E-state index in [1.54, 1.807) is 10.7 Å². The molecule has 0 radical (unpaired) electrons. The van der Waals surface area contributed by atoms with Crippen LogP contribution in [-0.2, 0) is 6.54 Å². The molecule has 0 unspecified atom stereocenters. The van der Waals surface area contributed by atoms with E-state index in [4.69, 9.17) is 0 Å². The van der Waals surface area contributed by atoms with Crippen LogP contribution in [0, 0.1) is 11.6 Å². The van der Waals surface area contributed by atoms with Gasteiger partial charge in [-0.1, -0.05) is 6.07 Å². The summed E-state index contributed by atoms with van der Waals surface area (Å²) >= 11 is 3.15. The molecule has 1 aromatic carbocycles. The highest BCUT2D eigenvalue weighted by atomic mass is 79.9. The molecule has 2 heterocycles. The molecule has 0 bridgehead atoms. The zero-order valence-electron chi connectivity index (χ0n) is 10.3. The summed E-state index contributed by atoms with van der Waals surface area (Å²) in [6.07, 6.45) is 3.56. The van der Waals surface area contributed by atoms with Gasteiger partial charge in [-0.05, 0) is 34.1 Å². The molecule has 0 fully saturated rings. The molecule has 102 valence electrons. The van der Waals surface area contributed by atoms with Crippen molar-refractivity contribution < 1.29 is 8.78 Å². The standard InChI is InChI=1S/C14H10BrF2N3/c15-11-5-10(16)6-12(17)14(11)18-7-9-8-19-20-4-2-1-3-13(9)20/h1-6,8,18H,7H2. The summed E-state index contributed by atoms with van der Waals surface area (Å²) in [5, 5.41) is 7.16. The Labute approximate surface area is 122 Å². The van der Waals surface area contributed by atoms with Gasteiger partial charge in [0.1, 0.15) is 11.6 Å². The highest BCUT2D eigenvalue weighted by molar-refractivity contribution is 9.10. The first kappa shape index (κ1) is 13.1. The average molecular weight is 338 g/mol. The molecule has 6 heteroatoms. The number of hydrogen-bond acceptors (Lipinski definition) is 2. The first-order valence-electron chi connectivity index (χ1n) is 5.95. The van der Waals surface area contributed by atoms with Crippen molar-refractivity contribution in [3.8, 4) is 0 Å². The highest BCUT2D eigenvalue weighted by Gasteiger charge is 2.10. The zero-order valence-corrected chi connectivity index (χ0v) is 11.9. The molecular weight excluding hydrogens is 328 g/mol. The first-order chi connectivity index (χ1) is 9.65. The Morgan fingerprint density at radius 2 is 2.10 bits per heavy atom. The summed E-state index contributed by atoms with van der Waals surface area (Å²) in [4.78, 5) is 0. The quantitative estimate of drug-likeness (QED) is 0.783. The first-order valence-corrected chi connectivity index (χ1v) is 6.74. The number of rotatable bonds is 3. The fourth-order valence-corrected chi connectivity index (χ4v) is 2.57. The van der Waals surface area contributed by atoms with Gasteiger partial charge in [0.25, 0.3) is 0 Å². The summed E-state index contributed by atoms with van der Waals surface area (Å²) in [5.41, 5.74) is 2.11. The van der Waals surface area contributed by atoms with Crippen molar-refractivity contribution in [3.63, 3.8) is 0 Å². The number of fused-ring (bicyclic) bond motifs is 1. The molecule has 0 atom stereocenters. The average Bonchev–Trinajstić information content (AvgIpc) is 2.81. The maximum Gasteiger partial charge on any atom is 0.150 e. The fraction of sp³-hybridized carbons (Fsp3) is 0.0714. The smallest absolute Gasteiger partial charge is 0.150 e. The minimum Gasteiger partial charge on any atom is -0.378 e. The maximum atomic E-state index is 13.7. The highest BCUT2D eigenvalue weighted by Crippen LogP contribution is 2.27. The summed E-state index contributed by atoms with van der Waals surface area (Å²) < 4.78 is 28.8. The lowest BCUT2D eigenvalue weighted by atomic mass is 10.2. The fourth-order valence-electron chi connectivity index (χ4n) is 2.02. The normalized spacial score (nSPS) is 10.9. The van der Waals surface area contributed by atoms with Crippen LogP contribution in [0.15, 0.2) is 47.2 Å². The summed E-state index contributed by atoms with van der Waals surface area (Å²) in [6.45, 7) is 0.397. The molecule has 3 nitrogen and oxygen atoms in total. The third kappa shape index (κ3) is 2.38. The second-order valence-corrected chi connectivity index (χ2v) is 5.15. The SMILES string of the molecule is Fc1cc(F)c(NCc2cnn3ccccc23)c(Br)c1. The number of pyridine rings is 1. The van der Waals surface area contributed by atoms with Gasteiger partial charge in [-0.25, -0.2) is 13.3 Å². The minimum absolute atomic E-state index is 0.238. The van der Waals surface area contributed by atoms with E-state index in [1.807, 2.05) is 24.4 Å². The second kappa shape index (κ2) is 5.20. The lowest BCUT2D eigenvalue weighted by Crippen LogP contribution is -2.02. The largest absolute Gasteiger partial charge is 0.378 e. The number of anilines is 1. The number of benzene rings is 1. The van der Waals surface area contributed by atoms with Crippen molar-refractivity contribution in [2.24, 2.45) is 0 Å². The van der Waals surface area contributed by atoms with E-state index in [1.165, 1.54) is 6.07 Å². The number of nitrogens with zero attached hydrogens (tertiary/aromatic N) is 2. The van der Waals surface area contributed by atoms with E-state index >= 15 is 0 Å². The van der Waals surface area contributed by atoms with Crippen LogP contribution in [0.1, 0.15) is 5.56 Å². The topological polar surface area (TPSA) is 29.3 Å². The van der Waals surface area contributed by atoms with E-state index < -0.39 is 11.6 Å². The van der Waals surface area contributed by atoms with Gasteiger partial charge in [0.15, 0.2) is 0 Å². The van der Waals surface area contributed by atoms with Crippen LogP contribution in [-0.4, -0.2) is 9.61 Å². The van der Waals surface area contributed by atoms with Gasteiger partial charge < -0.3 is 5.32 Å².